The Labute approximate surface area is 127 Å². The lowest BCUT2D eigenvalue weighted by atomic mass is 10.1. The van der Waals surface area contributed by atoms with Crippen LogP contribution in [-0.4, -0.2) is 23.2 Å². The van der Waals surface area contributed by atoms with Gasteiger partial charge in [0.05, 0.1) is 12.1 Å². The van der Waals surface area contributed by atoms with Crippen LogP contribution in [0.25, 0.3) is 0 Å². The minimum atomic E-state index is -0.728. The molecule has 0 unspecified atom stereocenters. The molecule has 0 aliphatic rings. The number of carbonyl (C=O) groups is 1. The molecule has 2 N–H and O–H groups in total. The van der Waals surface area contributed by atoms with Gasteiger partial charge in [0.1, 0.15) is 23.9 Å². The van der Waals surface area contributed by atoms with Gasteiger partial charge in [-0.15, -0.1) is 0 Å². The molecule has 1 aromatic carbocycles. The quantitative estimate of drug-likeness (QED) is 0.860. The van der Waals surface area contributed by atoms with Gasteiger partial charge in [0.2, 0.25) is 0 Å². The summed E-state index contributed by atoms with van der Waals surface area (Å²) in [5, 5.41) is 11.8. The molecule has 6 heteroatoms. The number of furan rings is 1. The molecular formula is C16H18FNO4. The minimum absolute atomic E-state index is 0.127. The van der Waals surface area contributed by atoms with E-state index in [9.17, 15) is 9.18 Å². The lowest BCUT2D eigenvalue weighted by molar-refractivity contribution is 0.0837. The second-order valence-electron chi connectivity index (χ2n) is 5.50. The van der Waals surface area contributed by atoms with E-state index in [1.165, 1.54) is 30.3 Å². The van der Waals surface area contributed by atoms with Crippen molar-refractivity contribution in [3.63, 3.8) is 0 Å². The number of benzene rings is 1. The number of halogens is 1. The molecule has 1 heterocycles. The summed E-state index contributed by atoms with van der Waals surface area (Å²) in [5.74, 6) is 0.364. The second kappa shape index (κ2) is 6.62. The highest BCUT2D eigenvalue weighted by atomic mass is 19.1. The first-order chi connectivity index (χ1) is 10.4. The van der Waals surface area contributed by atoms with Crippen molar-refractivity contribution in [2.45, 2.75) is 26.0 Å². The van der Waals surface area contributed by atoms with Gasteiger partial charge in [-0.05, 0) is 50.2 Å². The van der Waals surface area contributed by atoms with Gasteiger partial charge in [-0.25, -0.2) is 4.39 Å². The third-order valence-electron chi connectivity index (χ3n) is 2.93. The molecule has 0 saturated heterocycles. The van der Waals surface area contributed by atoms with E-state index in [2.05, 4.69) is 5.32 Å². The average Bonchev–Trinajstić information content (AvgIpc) is 2.95. The van der Waals surface area contributed by atoms with Crippen molar-refractivity contribution >= 4 is 5.91 Å². The predicted octanol–water partition coefficient (Wildman–Crippen LogP) is 2.50. The van der Waals surface area contributed by atoms with Crippen LogP contribution in [-0.2, 0) is 6.61 Å². The standard InChI is InChI=1S/C16H18FNO4/c1-16(2,10-19)18-15(20)14-8-7-13(22-14)9-21-12-5-3-11(17)4-6-12/h3-8,19H,9-10H2,1-2H3,(H,18,20). The van der Waals surface area contributed by atoms with Crippen LogP contribution in [0.2, 0.25) is 0 Å². The number of hydrogen-bond donors (Lipinski definition) is 2. The van der Waals surface area contributed by atoms with Crippen molar-refractivity contribution in [3.05, 3.63) is 53.7 Å². The summed E-state index contributed by atoms with van der Waals surface area (Å²) in [4.78, 5) is 11.9. The Morgan fingerprint density at radius 3 is 2.59 bits per heavy atom. The summed E-state index contributed by atoms with van der Waals surface area (Å²) in [7, 11) is 0. The molecule has 118 valence electrons. The maximum atomic E-state index is 12.8. The van der Waals surface area contributed by atoms with Crippen LogP contribution in [0.3, 0.4) is 0 Å². The number of amides is 1. The first kappa shape index (κ1) is 16.0. The van der Waals surface area contributed by atoms with Gasteiger partial charge in [0.15, 0.2) is 5.76 Å². The first-order valence-electron chi connectivity index (χ1n) is 6.80. The Balaban J connectivity index is 1.93. The van der Waals surface area contributed by atoms with Crippen LogP contribution in [0, 0.1) is 5.82 Å². The fraction of sp³-hybridized carbons (Fsp3) is 0.312. The molecule has 5 nitrogen and oxygen atoms in total. The third-order valence-corrected chi connectivity index (χ3v) is 2.93. The molecule has 0 saturated carbocycles. The van der Waals surface area contributed by atoms with Crippen molar-refractivity contribution in [1.29, 1.82) is 0 Å². The Kier molecular flexibility index (Phi) is 4.82. The van der Waals surface area contributed by atoms with E-state index in [4.69, 9.17) is 14.3 Å². The normalized spacial score (nSPS) is 11.3. The van der Waals surface area contributed by atoms with Crippen molar-refractivity contribution < 1.29 is 23.4 Å². The summed E-state index contributed by atoms with van der Waals surface area (Å²) in [5.41, 5.74) is -0.728. The fourth-order valence-corrected chi connectivity index (χ4v) is 1.67. The van der Waals surface area contributed by atoms with Crippen LogP contribution in [0.4, 0.5) is 4.39 Å². The molecular weight excluding hydrogens is 289 g/mol. The van der Waals surface area contributed by atoms with Gasteiger partial charge < -0.3 is 19.6 Å². The number of hydrogen-bond acceptors (Lipinski definition) is 4. The largest absolute Gasteiger partial charge is 0.486 e. The zero-order chi connectivity index (χ0) is 16.2. The maximum absolute atomic E-state index is 12.8. The predicted molar refractivity (Wildman–Crippen MR) is 78.1 cm³/mol. The highest BCUT2D eigenvalue weighted by molar-refractivity contribution is 5.91. The SMILES string of the molecule is CC(C)(CO)NC(=O)c1ccc(COc2ccc(F)cc2)o1. The molecule has 0 fully saturated rings. The number of rotatable bonds is 6. The van der Waals surface area contributed by atoms with E-state index in [1.54, 1.807) is 19.9 Å². The van der Waals surface area contributed by atoms with Crippen molar-refractivity contribution in [2.75, 3.05) is 6.61 Å². The smallest absolute Gasteiger partial charge is 0.287 e. The number of aliphatic hydroxyl groups excluding tert-OH is 1. The Morgan fingerprint density at radius 1 is 1.27 bits per heavy atom. The van der Waals surface area contributed by atoms with Gasteiger partial charge in [-0.2, -0.15) is 0 Å². The summed E-state index contributed by atoms with van der Waals surface area (Å²) in [6.07, 6.45) is 0. The van der Waals surface area contributed by atoms with Gasteiger partial charge in [0, 0.05) is 0 Å². The summed E-state index contributed by atoms with van der Waals surface area (Å²) in [6, 6.07) is 8.78. The van der Waals surface area contributed by atoms with E-state index >= 15 is 0 Å². The topological polar surface area (TPSA) is 71.7 Å². The minimum Gasteiger partial charge on any atom is -0.486 e. The lowest BCUT2D eigenvalue weighted by Crippen LogP contribution is -2.46. The highest BCUT2D eigenvalue weighted by Gasteiger charge is 2.22. The van der Waals surface area contributed by atoms with Crippen LogP contribution >= 0.6 is 0 Å². The molecule has 22 heavy (non-hydrogen) atoms. The zero-order valence-corrected chi connectivity index (χ0v) is 12.4. The number of aliphatic hydroxyl groups is 1. The van der Waals surface area contributed by atoms with Gasteiger partial charge in [-0.3, -0.25) is 4.79 Å². The number of nitrogens with one attached hydrogen (secondary N) is 1. The molecule has 0 aliphatic carbocycles. The Hall–Kier alpha value is -2.34. The Morgan fingerprint density at radius 2 is 1.95 bits per heavy atom. The van der Waals surface area contributed by atoms with Crippen LogP contribution < -0.4 is 10.1 Å². The van der Waals surface area contributed by atoms with Gasteiger partial charge in [0.25, 0.3) is 5.91 Å². The van der Waals surface area contributed by atoms with Gasteiger partial charge >= 0.3 is 0 Å². The van der Waals surface area contributed by atoms with E-state index in [1.807, 2.05) is 0 Å². The van der Waals surface area contributed by atoms with Crippen molar-refractivity contribution in [3.8, 4) is 5.75 Å². The molecule has 1 aromatic heterocycles. The monoisotopic (exact) mass is 307 g/mol. The fourth-order valence-electron chi connectivity index (χ4n) is 1.67. The molecule has 0 spiro atoms. The molecule has 0 radical (unpaired) electrons. The molecule has 0 aliphatic heterocycles. The van der Waals surface area contributed by atoms with Crippen LogP contribution in [0.5, 0.6) is 5.75 Å². The zero-order valence-electron chi connectivity index (χ0n) is 12.4. The van der Waals surface area contributed by atoms with E-state index in [0.29, 0.717) is 11.5 Å². The van der Waals surface area contributed by atoms with Crippen molar-refractivity contribution in [1.82, 2.24) is 5.32 Å². The summed E-state index contributed by atoms with van der Waals surface area (Å²) >= 11 is 0. The summed E-state index contributed by atoms with van der Waals surface area (Å²) in [6.45, 7) is 3.35. The van der Waals surface area contributed by atoms with Crippen LogP contribution in [0.15, 0.2) is 40.8 Å². The number of carbonyl (C=O) groups excluding carboxylic acids is 1. The van der Waals surface area contributed by atoms with E-state index in [-0.39, 0.29) is 24.8 Å². The molecule has 2 aromatic rings. The summed E-state index contributed by atoms with van der Waals surface area (Å²) < 4.78 is 23.6. The molecule has 0 atom stereocenters. The lowest BCUT2D eigenvalue weighted by Gasteiger charge is -2.22. The average molecular weight is 307 g/mol. The molecule has 0 bridgehead atoms. The second-order valence-corrected chi connectivity index (χ2v) is 5.50. The van der Waals surface area contributed by atoms with Crippen molar-refractivity contribution in [2.24, 2.45) is 0 Å². The molecule has 1 amide bonds. The first-order valence-corrected chi connectivity index (χ1v) is 6.80. The van der Waals surface area contributed by atoms with E-state index in [0.717, 1.165) is 0 Å². The Bertz CT molecular complexity index is 634. The van der Waals surface area contributed by atoms with Crippen LogP contribution in [0.1, 0.15) is 30.2 Å². The van der Waals surface area contributed by atoms with Gasteiger partial charge in [-0.1, -0.05) is 0 Å². The van der Waals surface area contributed by atoms with E-state index < -0.39 is 11.4 Å². The highest BCUT2D eigenvalue weighted by Crippen LogP contribution is 2.15. The maximum Gasteiger partial charge on any atom is 0.287 e. The molecule has 2 rings (SSSR count). The number of ether oxygens (including phenoxy) is 1. The third kappa shape index (κ3) is 4.33.